The van der Waals surface area contributed by atoms with Crippen molar-refractivity contribution >= 4 is 40.1 Å². The number of fused-ring (bicyclic) bond motifs is 1. The summed E-state index contributed by atoms with van der Waals surface area (Å²) < 4.78 is 10.1. The van der Waals surface area contributed by atoms with Gasteiger partial charge in [0.15, 0.2) is 6.61 Å². The van der Waals surface area contributed by atoms with Gasteiger partial charge >= 0.3 is 5.97 Å². The highest BCUT2D eigenvalue weighted by Gasteiger charge is 2.09. The second kappa shape index (κ2) is 9.33. The van der Waals surface area contributed by atoms with E-state index in [1.165, 1.54) is 30.3 Å². The summed E-state index contributed by atoms with van der Waals surface area (Å²) in [5.41, 5.74) is 0.890. The zero-order valence-electron chi connectivity index (χ0n) is 16.0. The number of anilines is 1. The number of nitrogens with zero attached hydrogens (tertiary/aromatic N) is 1. The first kappa shape index (κ1) is 20.5. The fourth-order valence-corrected chi connectivity index (χ4v) is 2.72. The monoisotopic (exact) mass is 406 g/mol. The van der Waals surface area contributed by atoms with Crippen LogP contribution in [0.25, 0.3) is 16.8 Å². The second-order valence-electron chi connectivity index (χ2n) is 6.27. The maximum absolute atomic E-state index is 11.9. The Morgan fingerprint density at radius 1 is 1.07 bits per heavy atom. The predicted molar refractivity (Wildman–Crippen MR) is 112 cm³/mol. The SMILES string of the molecule is COc1ccc2cc(/C=C/C(=O)OCC(=O)Nc3cccc([N+](=O)[O-])c3)ccc2c1. The fraction of sp³-hybridized carbons (Fsp3) is 0.0909. The summed E-state index contributed by atoms with van der Waals surface area (Å²) in [6.07, 6.45) is 2.82. The Labute approximate surface area is 171 Å². The van der Waals surface area contributed by atoms with Crippen molar-refractivity contribution in [3.05, 3.63) is 82.4 Å². The number of methoxy groups -OCH3 is 1. The number of benzene rings is 3. The number of rotatable bonds is 7. The van der Waals surface area contributed by atoms with Crippen LogP contribution >= 0.6 is 0 Å². The van der Waals surface area contributed by atoms with Gasteiger partial charge in [0.2, 0.25) is 0 Å². The Bertz CT molecular complexity index is 1140. The highest BCUT2D eigenvalue weighted by Crippen LogP contribution is 2.22. The summed E-state index contributed by atoms with van der Waals surface area (Å²) in [5, 5.41) is 15.2. The summed E-state index contributed by atoms with van der Waals surface area (Å²) in [6, 6.07) is 16.8. The molecule has 0 saturated carbocycles. The molecule has 30 heavy (non-hydrogen) atoms. The number of nitrogens with one attached hydrogen (secondary N) is 1. The third-order valence-corrected chi connectivity index (χ3v) is 4.17. The molecule has 0 aromatic heterocycles. The number of non-ortho nitro benzene ring substituents is 1. The number of hydrogen-bond acceptors (Lipinski definition) is 6. The number of carbonyl (C=O) groups excluding carboxylic acids is 2. The van der Waals surface area contributed by atoms with E-state index in [-0.39, 0.29) is 11.4 Å². The van der Waals surface area contributed by atoms with E-state index in [1.54, 1.807) is 13.2 Å². The molecule has 1 N–H and O–H groups in total. The number of nitro groups is 1. The van der Waals surface area contributed by atoms with Crippen molar-refractivity contribution in [1.29, 1.82) is 0 Å². The van der Waals surface area contributed by atoms with Crippen LogP contribution in [0.1, 0.15) is 5.56 Å². The van der Waals surface area contributed by atoms with Gasteiger partial charge in [0, 0.05) is 23.9 Å². The number of esters is 1. The highest BCUT2D eigenvalue weighted by atomic mass is 16.6. The van der Waals surface area contributed by atoms with Crippen molar-refractivity contribution in [3.8, 4) is 5.75 Å². The summed E-state index contributed by atoms with van der Waals surface area (Å²) in [7, 11) is 1.60. The van der Waals surface area contributed by atoms with Crippen LogP contribution in [-0.4, -0.2) is 30.5 Å². The van der Waals surface area contributed by atoms with E-state index in [0.717, 1.165) is 22.1 Å². The fourth-order valence-electron chi connectivity index (χ4n) is 2.72. The third-order valence-electron chi connectivity index (χ3n) is 4.17. The number of hydrogen-bond donors (Lipinski definition) is 1. The molecule has 0 fully saturated rings. The van der Waals surface area contributed by atoms with E-state index in [9.17, 15) is 19.7 Å². The van der Waals surface area contributed by atoms with Gasteiger partial charge in [-0.15, -0.1) is 0 Å². The van der Waals surface area contributed by atoms with Crippen molar-refractivity contribution in [3.63, 3.8) is 0 Å². The van der Waals surface area contributed by atoms with Crippen LogP contribution in [-0.2, 0) is 14.3 Å². The lowest BCUT2D eigenvalue weighted by atomic mass is 10.1. The largest absolute Gasteiger partial charge is 0.497 e. The molecule has 0 heterocycles. The van der Waals surface area contributed by atoms with Crippen LogP contribution in [0.3, 0.4) is 0 Å². The van der Waals surface area contributed by atoms with E-state index in [0.29, 0.717) is 0 Å². The molecule has 0 unspecified atom stereocenters. The minimum absolute atomic E-state index is 0.151. The molecule has 1 amide bonds. The first-order valence-electron chi connectivity index (χ1n) is 8.91. The molecule has 0 saturated heterocycles. The maximum atomic E-state index is 11.9. The normalized spacial score (nSPS) is 10.7. The van der Waals surface area contributed by atoms with Gasteiger partial charge in [0.05, 0.1) is 12.0 Å². The Kier molecular flexibility index (Phi) is 6.39. The van der Waals surface area contributed by atoms with E-state index in [4.69, 9.17) is 9.47 Å². The minimum atomic E-state index is -0.681. The van der Waals surface area contributed by atoms with Crippen LogP contribution in [0.2, 0.25) is 0 Å². The topological polar surface area (TPSA) is 108 Å². The lowest BCUT2D eigenvalue weighted by Gasteiger charge is -2.05. The molecular weight excluding hydrogens is 388 g/mol. The zero-order chi connectivity index (χ0) is 21.5. The smallest absolute Gasteiger partial charge is 0.331 e. The Morgan fingerprint density at radius 2 is 1.83 bits per heavy atom. The van der Waals surface area contributed by atoms with E-state index in [1.807, 2.05) is 36.4 Å². The van der Waals surface area contributed by atoms with Crippen LogP contribution < -0.4 is 10.1 Å². The lowest BCUT2D eigenvalue weighted by molar-refractivity contribution is -0.384. The number of ether oxygens (including phenoxy) is 2. The lowest BCUT2D eigenvalue weighted by Crippen LogP contribution is -2.20. The van der Waals surface area contributed by atoms with Crippen LogP contribution in [0.5, 0.6) is 5.75 Å². The average molecular weight is 406 g/mol. The molecule has 0 aliphatic rings. The van der Waals surface area contributed by atoms with E-state index < -0.39 is 23.4 Å². The van der Waals surface area contributed by atoms with Gasteiger partial charge in [-0.2, -0.15) is 0 Å². The molecule has 3 aromatic carbocycles. The van der Waals surface area contributed by atoms with E-state index >= 15 is 0 Å². The molecule has 3 rings (SSSR count). The molecule has 0 radical (unpaired) electrons. The van der Waals surface area contributed by atoms with Gasteiger partial charge in [-0.25, -0.2) is 4.79 Å². The zero-order valence-corrected chi connectivity index (χ0v) is 16.0. The summed E-state index contributed by atoms with van der Waals surface area (Å²) in [4.78, 5) is 33.9. The molecule has 0 bridgehead atoms. The average Bonchev–Trinajstić information content (AvgIpc) is 2.75. The number of nitro benzene ring substituents is 1. The van der Waals surface area contributed by atoms with Crippen molar-refractivity contribution in [1.82, 2.24) is 0 Å². The van der Waals surface area contributed by atoms with Gasteiger partial charge in [0.25, 0.3) is 11.6 Å². The van der Waals surface area contributed by atoms with Crippen LogP contribution in [0, 0.1) is 10.1 Å². The molecule has 0 spiro atoms. The number of carbonyl (C=O) groups is 2. The van der Waals surface area contributed by atoms with Crippen molar-refractivity contribution in [2.75, 3.05) is 19.0 Å². The highest BCUT2D eigenvalue weighted by molar-refractivity contribution is 5.95. The standard InChI is InChI=1S/C22H18N2O6/c1-29-20-9-8-16-11-15(5-7-17(16)12-20)6-10-22(26)30-14-21(25)23-18-3-2-4-19(13-18)24(27)28/h2-13H,14H2,1H3,(H,23,25)/b10-6+. The van der Waals surface area contributed by atoms with Crippen LogP contribution in [0.15, 0.2) is 66.7 Å². The predicted octanol–water partition coefficient (Wildman–Crippen LogP) is 3.95. The second-order valence-corrected chi connectivity index (χ2v) is 6.27. The quantitative estimate of drug-likeness (QED) is 0.275. The van der Waals surface area contributed by atoms with Gasteiger partial charge in [-0.05, 0) is 46.7 Å². The molecule has 0 aliphatic heterocycles. The van der Waals surface area contributed by atoms with Gasteiger partial charge in [0.1, 0.15) is 5.75 Å². The third kappa shape index (κ3) is 5.41. The van der Waals surface area contributed by atoms with Crippen molar-refractivity contribution < 1.29 is 24.0 Å². The minimum Gasteiger partial charge on any atom is -0.497 e. The van der Waals surface area contributed by atoms with Gasteiger partial charge < -0.3 is 14.8 Å². The summed E-state index contributed by atoms with van der Waals surface area (Å²) >= 11 is 0. The van der Waals surface area contributed by atoms with Crippen LogP contribution in [0.4, 0.5) is 11.4 Å². The maximum Gasteiger partial charge on any atom is 0.331 e. The Hall–Kier alpha value is -4.20. The van der Waals surface area contributed by atoms with E-state index in [2.05, 4.69) is 5.32 Å². The first-order valence-corrected chi connectivity index (χ1v) is 8.91. The number of amides is 1. The first-order chi connectivity index (χ1) is 14.4. The summed E-state index contributed by atoms with van der Waals surface area (Å²) in [5.74, 6) is -0.520. The summed E-state index contributed by atoms with van der Waals surface area (Å²) in [6.45, 7) is -0.511. The molecule has 8 nitrogen and oxygen atoms in total. The molecule has 152 valence electrons. The molecular formula is C22H18N2O6. The van der Waals surface area contributed by atoms with Gasteiger partial charge in [-0.3, -0.25) is 14.9 Å². The van der Waals surface area contributed by atoms with Crippen molar-refractivity contribution in [2.45, 2.75) is 0 Å². The Morgan fingerprint density at radius 3 is 2.60 bits per heavy atom. The molecule has 8 heteroatoms. The van der Waals surface area contributed by atoms with Crippen molar-refractivity contribution in [2.24, 2.45) is 0 Å². The molecule has 0 atom stereocenters. The molecule has 3 aromatic rings. The molecule has 0 aliphatic carbocycles. The Balaban J connectivity index is 1.54. The van der Waals surface area contributed by atoms with Gasteiger partial charge in [-0.1, -0.05) is 24.3 Å².